The van der Waals surface area contributed by atoms with Crippen molar-refractivity contribution in [3.8, 4) is 5.75 Å². The molecule has 2 aliphatic rings. The molecule has 0 aliphatic carbocycles. The van der Waals surface area contributed by atoms with E-state index in [0.29, 0.717) is 19.5 Å². The Balaban J connectivity index is 1.55. The summed E-state index contributed by atoms with van der Waals surface area (Å²) in [7, 11) is -3.00. The molecule has 1 aromatic carbocycles. The summed E-state index contributed by atoms with van der Waals surface area (Å²) < 4.78 is 23.6. The molecule has 0 saturated carbocycles. The molecule has 0 unspecified atom stereocenters. The molecule has 0 spiro atoms. The van der Waals surface area contributed by atoms with E-state index < -0.39 is 9.84 Å². The number of para-hydroxylation sites is 2. The minimum atomic E-state index is -3.00. The van der Waals surface area contributed by atoms with Crippen molar-refractivity contribution in [2.75, 3.05) is 55.7 Å². The monoisotopic (exact) mass is 396 g/mol. The van der Waals surface area contributed by atoms with Gasteiger partial charge in [-0.15, -0.1) is 0 Å². The number of quaternary nitrogens is 1. The molecule has 3 rings (SSSR count). The molecule has 27 heavy (non-hydrogen) atoms. The number of aromatic hydroxyl groups is 1. The molecule has 1 atom stereocenters. The number of carbonyl (C=O) groups is 1. The third kappa shape index (κ3) is 4.93. The fraction of sp³-hybridized carbons (Fsp3) is 0.632. The van der Waals surface area contributed by atoms with Gasteiger partial charge in [0.25, 0.3) is 5.91 Å². The lowest BCUT2D eigenvalue weighted by atomic mass is 10.2. The molecule has 0 radical (unpaired) electrons. The van der Waals surface area contributed by atoms with Crippen LogP contribution in [-0.4, -0.2) is 81.1 Å². The lowest BCUT2D eigenvalue weighted by molar-refractivity contribution is -0.892. The van der Waals surface area contributed by atoms with E-state index in [1.54, 1.807) is 11.0 Å². The molecule has 1 amide bonds. The number of benzene rings is 1. The summed E-state index contributed by atoms with van der Waals surface area (Å²) in [6.07, 6.45) is 1.39. The highest BCUT2D eigenvalue weighted by Gasteiger charge is 2.35. The number of anilines is 1. The normalized spacial score (nSPS) is 22.7. The fourth-order valence-corrected chi connectivity index (χ4v) is 5.79. The van der Waals surface area contributed by atoms with Crippen LogP contribution in [0.2, 0.25) is 0 Å². The van der Waals surface area contributed by atoms with Crippen LogP contribution in [-0.2, 0) is 14.6 Å². The van der Waals surface area contributed by atoms with Crippen LogP contribution in [0.15, 0.2) is 24.3 Å². The number of sulfone groups is 1. The second-order valence-electron chi connectivity index (χ2n) is 7.55. The summed E-state index contributed by atoms with van der Waals surface area (Å²) >= 11 is 0. The number of piperazine rings is 1. The van der Waals surface area contributed by atoms with Crippen molar-refractivity contribution < 1.29 is 23.2 Å². The minimum Gasteiger partial charge on any atom is -0.506 e. The average molecular weight is 397 g/mol. The van der Waals surface area contributed by atoms with Crippen LogP contribution in [0.25, 0.3) is 0 Å². The quantitative estimate of drug-likeness (QED) is 0.679. The summed E-state index contributed by atoms with van der Waals surface area (Å²) in [5, 5.41) is 10.0. The van der Waals surface area contributed by atoms with E-state index in [2.05, 4.69) is 4.90 Å². The van der Waals surface area contributed by atoms with Gasteiger partial charge in [0.1, 0.15) is 5.75 Å². The molecule has 1 aromatic rings. The topological polar surface area (TPSA) is 82.4 Å². The number of amides is 1. The van der Waals surface area contributed by atoms with E-state index >= 15 is 0 Å². The molecule has 150 valence electrons. The van der Waals surface area contributed by atoms with Gasteiger partial charge in [0.15, 0.2) is 16.4 Å². The maximum absolute atomic E-state index is 12.9. The standard InChI is InChI=1S/C19H29N3O4S/c1-2-8-22(16-7-13-27(25,26)15-16)19(24)14-20-9-11-21(12-10-20)17-5-3-4-6-18(17)23/h3-6,16,23H,2,7-15H2,1H3/p+1/t16-/m0/s1. The fourth-order valence-electron chi connectivity index (χ4n) is 4.06. The summed E-state index contributed by atoms with van der Waals surface area (Å²) in [5.74, 6) is 0.644. The first-order valence-corrected chi connectivity index (χ1v) is 11.6. The van der Waals surface area contributed by atoms with Crippen molar-refractivity contribution in [2.24, 2.45) is 0 Å². The maximum atomic E-state index is 12.9. The zero-order chi connectivity index (χ0) is 19.4. The Labute approximate surface area is 161 Å². The second kappa shape index (κ2) is 8.48. The van der Waals surface area contributed by atoms with Gasteiger partial charge in [0.05, 0.1) is 43.4 Å². The molecule has 2 N–H and O–H groups in total. The van der Waals surface area contributed by atoms with Crippen LogP contribution < -0.4 is 9.80 Å². The highest BCUT2D eigenvalue weighted by molar-refractivity contribution is 7.91. The van der Waals surface area contributed by atoms with E-state index in [4.69, 9.17) is 0 Å². The number of nitrogens with zero attached hydrogens (tertiary/aromatic N) is 2. The minimum absolute atomic E-state index is 0.0601. The highest BCUT2D eigenvalue weighted by atomic mass is 32.2. The van der Waals surface area contributed by atoms with E-state index in [-0.39, 0.29) is 29.2 Å². The molecule has 2 saturated heterocycles. The van der Waals surface area contributed by atoms with E-state index in [9.17, 15) is 18.3 Å². The SMILES string of the molecule is CCCN(C(=O)C[NH+]1CCN(c2ccccc2O)CC1)[C@H]1CCS(=O)(=O)C1. The Kier molecular flexibility index (Phi) is 6.26. The van der Waals surface area contributed by atoms with Gasteiger partial charge in [-0.1, -0.05) is 19.1 Å². The first-order chi connectivity index (χ1) is 12.9. The number of nitrogens with one attached hydrogen (secondary N) is 1. The van der Waals surface area contributed by atoms with Crippen LogP contribution in [0.1, 0.15) is 19.8 Å². The van der Waals surface area contributed by atoms with Crippen molar-refractivity contribution in [3.05, 3.63) is 24.3 Å². The van der Waals surface area contributed by atoms with Gasteiger partial charge in [0.2, 0.25) is 0 Å². The lowest BCUT2D eigenvalue weighted by Gasteiger charge is -2.35. The Morgan fingerprint density at radius 2 is 2.00 bits per heavy atom. The molecule has 7 nitrogen and oxygen atoms in total. The summed E-state index contributed by atoms with van der Waals surface area (Å²) in [6, 6.07) is 7.16. The van der Waals surface area contributed by atoms with Gasteiger partial charge in [-0.3, -0.25) is 4.79 Å². The molecular formula is C19H30N3O4S+. The predicted molar refractivity (Wildman–Crippen MR) is 105 cm³/mol. The number of hydrogen-bond donors (Lipinski definition) is 2. The third-order valence-electron chi connectivity index (χ3n) is 5.53. The first-order valence-electron chi connectivity index (χ1n) is 9.76. The average Bonchev–Trinajstić information content (AvgIpc) is 3.00. The number of phenolic OH excluding ortho intramolecular Hbond substituents is 1. The Morgan fingerprint density at radius 3 is 2.59 bits per heavy atom. The molecule has 2 fully saturated rings. The van der Waals surface area contributed by atoms with Crippen molar-refractivity contribution in [3.63, 3.8) is 0 Å². The largest absolute Gasteiger partial charge is 0.506 e. The lowest BCUT2D eigenvalue weighted by Crippen LogP contribution is -3.16. The van der Waals surface area contributed by atoms with Crippen molar-refractivity contribution >= 4 is 21.4 Å². The van der Waals surface area contributed by atoms with Gasteiger partial charge in [-0.05, 0) is 25.0 Å². The molecule has 2 aliphatic heterocycles. The van der Waals surface area contributed by atoms with Crippen molar-refractivity contribution in [2.45, 2.75) is 25.8 Å². The molecule has 0 bridgehead atoms. The van der Waals surface area contributed by atoms with Crippen LogP contribution in [0.3, 0.4) is 0 Å². The van der Waals surface area contributed by atoms with Crippen molar-refractivity contribution in [1.29, 1.82) is 0 Å². The summed E-state index contributed by atoms with van der Waals surface area (Å²) in [6.45, 7) is 6.26. The van der Waals surface area contributed by atoms with Gasteiger partial charge in [-0.2, -0.15) is 0 Å². The first kappa shape index (κ1) is 19.9. The third-order valence-corrected chi connectivity index (χ3v) is 7.28. The molecule has 2 heterocycles. The van der Waals surface area contributed by atoms with E-state index in [1.807, 2.05) is 25.1 Å². The zero-order valence-corrected chi connectivity index (χ0v) is 16.7. The van der Waals surface area contributed by atoms with Crippen LogP contribution in [0, 0.1) is 0 Å². The Bertz CT molecular complexity index is 760. The van der Waals surface area contributed by atoms with Gasteiger partial charge < -0.3 is 19.8 Å². The van der Waals surface area contributed by atoms with Crippen LogP contribution in [0.4, 0.5) is 5.69 Å². The Morgan fingerprint density at radius 1 is 1.30 bits per heavy atom. The van der Waals surface area contributed by atoms with E-state index in [0.717, 1.165) is 38.3 Å². The highest BCUT2D eigenvalue weighted by Crippen LogP contribution is 2.26. The van der Waals surface area contributed by atoms with Gasteiger partial charge in [0, 0.05) is 12.6 Å². The molecular weight excluding hydrogens is 366 g/mol. The Hall–Kier alpha value is -1.80. The van der Waals surface area contributed by atoms with Gasteiger partial charge >= 0.3 is 0 Å². The smallest absolute Gasteiger partial charge is 0.278 e. The van der Waals surface area contributed by atoms with Gasteiger partial charge in [-0.25, -0.2) is 8.42 Å². The number of hydrogen-bond acceptors (Lipinski definition) is 5. The number of rotatable bonds is 6. The molecule has 0 aromatic heterocycles. The number of carbonyl (C=O) groups excluding carboxylic acids is 1. The zero-order valence-electron chi connectivity index (χ0n) is 15.9. The van der Waals surface area contributed by atoms with Crippen LogP contribution in [0.5, 0.6) is 5.75 Å². The summed E-state index contributed by atoms with van der Waals surface area (Å²) in [4.78, 5) is 18.0. The molecule has 8 heteroatoms. The van der Waals surface area contributed by atoms with Crippen LogP contribution >= 0.6 is 0 Å². The summed E-state index contributed by atoms with van der Waals surface area (Å²) in [5.41, 5.74) is 0.839. The number of phenols is 1. The van der Waals surface area contributed by atoms with E-state index in [1.165, 1.54) is 4.90 Å². The second-order valence-corrected chi connectivity index (χ2v) is 9.78. The van der Waals surface area contributed by atoms with Crippen molar-refractivity contribution in [1.82, 2.24) is 4.90 Å². The predicted octanol–water partition coefficient (Wildman–Crippen LogP) is -0.477. The maximum Gasteiger partial charge on any atom is 0.278 e.